The van der Waals surface area contributed by atoms with Gasteiger partial charge in [0.25, 0.3) is 0 Å². The molecular formula is C13H10O3. The molecule has 0 radical (unpaired) electrons. The summed E-state index contributed by atoms with van der Waals surface area (Å²) in [5.74, 6) is 0. The van der Waals surface area contributed by atoms with Crippen molar-refractivity contribution in [3.05, 3.63) is 36.3 Å². The topological polar surface area (TPSA) is 43.4 Å². The van der Waals surface area contributed by atoms with E-state index in [1.54, 1.807) is 12.5 Å². The number of hydrogen-bond donors (Lipinski definition) is 0. The zero-order chi connectivity index (χ0) is 11.0. The van der Waals surface area contributed by atoms with E-state index in [0.717, 1.165) is 33.8 Å². The van der Waals surface area contributed by atoms with Crippen molar-refractivity contribution in [2.45, 2.75) is 12.8 Å². The highest BCUT2D eigenvalue weighted by Gasteiger charge is 2.11. The smallest absolute Gasteiger partial charge is 0.137 e. The van der Waals surface area contributed by atoms with E-state index in [1.165, 1.54) is 0 Å². The molecule has 0 bridgehead atoms. The molecule has 80 valence electrons. The van der Waals surface area contributed by atoms with Crippen LogP contribution in [0.15, 0.2) is 39.6 Å². The van der Waals surface area contributed by atoms with Crippen molar-refractivity contribution in [3.8, 4) is 0 Å². The highest BCUT2D eigenvalue weighted by atomic mass is 16.3. The van der Waals surface area contributed by atoms with Gasteiger partial charge in [0.1, 0.15) is 17.5 Å². The van der Waals surface area contributed by atoms with Crippen LogP contribution in [0.4, 0.5) is 0 Å². The van der Waals surface area contributed by atoms with Crippen molar-refractivity contribution in [1.82, 2.24) is 0 Å². The summed E-state index contributed by atoms with van der Waals surface area (Å²) in [6.07, 6.45) is 5.43. The lowest BCUT2D eigenvalue weighted by atomic mass is 10.0. The first-order valence-corrected chi connectivity index (χ1v) is 5.20. The highest BCUT2D eigenvalue weighted by molar-refractivity contribution is 5.97. The van der Waals surface area contributed by atoms with Crippen LogP contribution in [0.25, 0.3) is 21.9 Å². The Morgan fingerprint density at radius 1 is 1.19 bits per heavy atom. The fourth-order valence-electron chi connectivity index (χ4n) is 2.08. The minimum atomic E-state index is 0.500. The van der Waals surface area contributed by atoms with Crippen LogP contribution in [0.2, 0.25) is 0 Å². The average Bonchev–Trinajstić information content (AvgIpc) is 2.91. The maximum absolute atomic E-state index is 10.5. The fraction of sp³-hybridized carbons (Fsp3) is 0.154. The quantitative estimate of drug-likeness (QED) is 0.628. The molecule has 3 aromatic rings. The van der Waals surface area contributed by atoms with Gasteiger partial charge in [-0.25, -0.2) is 0 Å². The molecule has 3 heteroatoms. The molecule has 0 aliphatic rings. The van der Waals surface area contributed by atoms with Gasteiger partial charge in [-0.05, 0) is 24.6 Å². The molecule has 0 amide bonds. The van der Waals surface area contributed by atoms with Crippen LogP contribution in [-0.2, 0) is 11.2 Å². The van der Waals surface area contributed by atoms with Gasteiger partial charge in [-0.2, -0.15) is 0 Å². The van der Waals surface area contributed by atoms with Crippen LogP contribution in [-0.4, -0.2) is 6.29 Å². The molecule has 0 unspecified atom stereocenters. The number of aldehydes is 1. The van der Waals surface area contributed by atoms with Gasteiger partial charge < -0.3 is 13.6 Å². The van der Waals surface area contributed by atoms with Gasteiger partial charge in [0.2, 0.25) is 0 Å². The Balaban J connectivity index is 2.33. The first-order chi connectivity index (χ1) is 7.90. The number of hydrogen-bond acceptors (Lipinski definition) is 3. The standard InChI is InChI=1S/C13H10O3/c14-5-1-2-11-10-4-7-15-12(10)8-9-3-6-16-13(9)11/h3-8H,1-2H2. The van der Waals surface area contributed by atoms with Crippen molar-refractivity contribution in [1.29, 1.82) is 0 Å². The van der Waals surface area contributed by atoms with E-state index in [0.29, 0.717) is 12.8 Å². The molecule has 0 atom stereocenters. The van der Waals surface area contributed by atoms with Crippen molar-refractivity contribution in [3.63, 3.8) is 0 Å². The number of fused-ring (bicyclic) bond motifs is 2. The van der Waals surface area contributed by atoms with Crippen molar-refractivity contribution < 1.29 is 13.6 Å². The predicted octanol–water partition coefficient (Wildman–Crippen LogP) is 3.31. The zero-order valence-electron chi connectivity index (χ0n) is 8.60. The Bertz CT molecular complexity index is 597. The van der Waals surface area contributed by atoms with Crippen molar-refractivity contribution in [2.24, 2.45) is 0 Å². The molecule has 0 saturated carbocycles. The minimum Gasteiger partial charge on any atom is -0.464 e. The molecule has 0 spiro atoms. The van der Waals surface area contributed by atoms with Gasteiger partial charge in [0.05, 0.1) is 12.5 Å². The first kappa shape index (κ1) is 9.21. The largest absolute Gasteiger partial charge is 0.464 e. The Morgan fingerprint density at radius 2 is 2.06 bits per heavy atom. The molecular weight excluding hydrogens is 204 g/mol. The van der Waals surface area contributed by atoms with Crippen LogP contribution in [0.5, 0.6) is 0 Å². The van der Waals surface area contributed by atoms with Gasteiger partial charge in [0.15, 0.2) is 0 Å². The van der Waals surface area contributed by atoms with Crippen LogP contribution in [0.1, 0.15) is 12.0 Å². The van der Waals surface area contributed by atoms with Gasteiger partial charge in [0, 0.05) is 22.8 Å². The molecule has 3 nitrogen and oxygen atoms in total. The molecule has 1 aromatic carbocycles. The van der Waals surface area contributed by atoms with E-state index >= 15 is 0 Å². The molecule has 0 N–H and O–H groups in total. The number of carbonyl (C=O) groups excluding carboxylic acids is 1. The number of carbonyl (C=O) groups is 1. The molecule has 0 aliphatic heterocycles. The third-order valence-corrected chi connectivity index (χ3v) is 2.79. The SMILES string of the molecule is O=CCCc1c2ccoc2cc2ccoc12. The Morgan fingerprint density at radius 3 is 2.94 bits per heavy atom. The monoisotopic (exact) mass is 214 g/mol. The summed E-state index contributed by atoms with van der Waals surface area (Å²) in [6.45, 7) is 0. The summed E-state index contributed by atoms with van der Waals surface area (Å²) in [6, 6.07) is 5.78. The summed E-state index contributed by atoms with van der Waals surface area (Å²) in [7, 11) is 0. The second kappa shape index (κ2) is 3.52. The molecule has 2 heterocycles. The molecule has 0 fully saturated rings. The third kappa shape index (κ3) is 1.25. The first-order valence-electron chi connectivity index (χ1n) is 5.20. The number of rotatable bonds is 3. The van der Waals surface area contributed by atoms with Crippen LogP contribution in [0, 0.1) is 0 Å². The van der Waals surface area contributed by atoms with E-state index in [1.807, 2.05) is 18.2 Å². The molecule has 0 aliphatic carbocycles. The van der Waals surface area contributed by atoms with E-state index in [9.17, 15) is 4.79 Å². The Labute approximate surface area is 91.6 Å². The predicted molar refractivity (Wildman–Crippen MR) is 60.4 cm³/mol. The van der Waals surface area contributed by atoms with E-state index in [4.69, 9.17) is 8.83 Å². The summed E-state index contributed by atoms with van der Waals surface area (Å²) >= 11 is 0. The number of benzene rings is 1. The molecule has 16 heavy (non-hydrogen) atoms. The Kier molecular flexibility index (Phi) is 2.03. The molecule has 0 saturated heterocycles. The van der Waals surface area contributed by atoms with E-state index < -0.39 is 0 Å². The lowest BCUT2D eigenvalue weighted by Crippen LogP contribution is -1.88. The summed E-state index contributed by atoms with van der Waals surface area (Å²) in [5, 5.41) is 2.05. The number of aryl methyl sites for hydroxylation is 1. The van der Waals surface area contributed by atoms with Crippen molar-refractivity contribution in [2.75, 3.05) is 0 Å². The van der Waals surface area contributed by atoms with Gasteiger partial charge >= 0.3 is 0 Å². The fourth-order valence-corrected chi connectivity index (χ4v) is 2.08. The normalized spacial score (nSPS) is 11.2. The summed E-state index contributed by atoms with van der Waals surface area (Å²) in [4.78, 5) is 10.5. The lowest BCUT2D eigenvalue weighted by molar-refractivity contribution is -0.107. The second-order valence-electron chi connectivity index (χ2n) is 3.73. The number of furan rings is 2. The summed E-state index contributed by atoms with van der Waals surface area (Å²) in [5.41, 5.74) is 2.75. The maximum atomic E-state index is 10.5. The highest BCUT2D eigenvalue weighted by Crippen LogP contribution is 2.30. The lowest BCUT2D eigenvalue weighted by Gasteiger charge is -2.01. The van der Waals surface area contributed by atoms with Crippen LogP contribution < -0.4 is 0 Å². The third-order valence-electron chi connectivity index (χ3n) is 2.79. The molecule has 2 aromatic heterocycles. The summed E-state index contributed by atoms with van der Waals surface area (Å²) < 4.78 is 10.9. The van der Waals surface area contributed by atoms with E-state index in [-0.39, 0.29) is 0 Å². The maximum Gasteiger partial charge on any atom is 0.137 e. The van der Waals surface area contributed by atoms with Crippen LogP contribution in [0.3, 0.4) is 0 Å². The zero-order valence-corrected chi connectivity index (χ0v) is 8.60. The second-order valence-corrected chi connectivity index (χ2v) is 3.73. The minimum absolute atomic E-state index is 0.500. The van der Waals surface area contributed by atoms with Gasteiger partial charge in [-0.1, -0.05) is 0 Å². The van der Waals surface area contributed by atoms with E-state index in [2.05, 4.69) is 0 Å². The van der Waals surface area contributed by atoms with Gasteiger partial charge in [-0.15, -0.1) is 0 Å². The van der Waals surface area contributed by atoms with Crippen LogP contribution >= 0.6 is 0 Å². The van der Waals surface area contributed by atoms with Gasteiger partial charge in [-0.3, -0.25) is 0 Å². The van der Waals surface area contributed by atoms with Crippen molar-refractivity contribution >= 4 is 28.2 Å². The Hall–Kier alpha value is -2.03. The average molecular weight is 214 g/mol. The molecule has 3 rings (SSSR count).